The topological polar surface area (TPSA) is 92.3 Å². The molecule has 142 valence electrons. The van der Waals surface area contributed by atoms with Crippen molar-refractivity contribution in [3.05, 3.63) is 48.0 Å². The summed E-state index contributed by atoms with van der Waals surface area (Å²) in [6.45, 7) is 3.72. The van der Waals surface area contributed by atoms with Gasteiger partial charge >= 0.3 is 0 Å². The fraction of sp³-hybridized carbons (Fsp3) is 0.278. The lowest BCUT2D eigenvalue weighted by molar-refractivity contribution is -0.116. The first-order valence-electron chi connectivity index (χ1n) is 8.50. The summed E-state index contributed by atoms with van der Waals surface area (Å²) >= 11 is 0.963. The fourth-order valence-corrected chi connectivity index (χ4v) is 4.97. The number of benzene rings is 2. The number of amides is 1. The number of nitrogens with zero attached hydrogens (tertiary/aromatic N) is 3. The zero-order chi connectivity index (χ0) is 19.4. The second-order valence-electron chi connectivity index (χ2n) is 6.09. The van der Waals surface area contributed by atoms with Crippen LogP contribution in [0.4, 0.5) is 5.69 Å². The molecule has 0 saturated heterocycles. The molecule has 7 nitrogen and oxygen atoms in total. The average molecular weight is 405 g/mol. The van der Waals surface area contributed by atoms with Crippen LogP contribution in [-0.4, -0.2) is 40.5 Å². The number of hydrogen-bond acceptors (Lipinski definition) is 6. The predicted molar refractivity (Wildman–Crippen MR) is 106 cm³/mol. The summed E-state index contributed by atoms with van der Waals surface area (Å²) in [6.07, 6.45) is 0.585. The molecule has 1 heterocycles. The van der Waals surface area contributed by atoms with Crippen LogP contribution in [0, 0.1) is 6.92 Å². The van der Waals surface area contributed by atoms with Gasteiger partial charge in [-0.1, -0.05) is 31.2 Å². The number of para-hydroxylation sites is 1. The minimum absolute atomic E-state index is 0.0749. The van der Waals surface area contributed by atoms with Crippen LogP contribution >= 0.6 is 11.7 Å². The summed E-state index contributed by atoms with van der Waals surface area (Å²) in [4.78, 5) is 12.6. The van der Waals surface area contributed by atoms with Crippen LogP contribution in [0.25, 0.3) is 11.0 Å². The third-order valence-electron chi connectivity index (χ3n) is 4.08. The maximum atomic E-state index is 13.2. The second kappa shape index (κ2) is 8.12. The molecular weight excluding hydrogens is 384 g/mol. The van der Waals surface area contributed by atoms with Gasteiger partial charge in [-0.05, 0) is 37.1 Å². The number of nitrogens with one attached hydrogen (secondary N) is 1. The summed E-state index contributed by atoms with van der Waals surface area (Å²) in [6, 6.07) is 12.2. The molecule has 3 rings (SSSR count). The van der Waals surface area contributed by atoms with E-state index in [9.17, 15) is 13.2 Å². The van der Waals surface area contributed by atoms with Crippen molar-refractivity contribution in [1.82, 2.24) is 13.1 Å². The van der Waals surface area contributed by atoms with Crippen LogP contribution in [0.15, 0.2) is 47.4 Å². The number of fused-ring (bicyclic) bond motifs is 1. The van der Waals surface area contributed by atoms with E-state index in [1.807, 2.05) is 32.0 Å². The zero-order valence-electron chi connectivity index (χ0n) is 15.0. The number of carbonyl (C=O) groups excluding carboxylic acids is 1. The van der Waals surface area contributed by atoms with Crippen LogP contribution in [0.1, 0.15) is 18.9 Å². The lowest BCUT2D eigenvalue weighted by Crippen LogP contribution is -2.38. The van der Waals surface area contributed by atoms with Gasteiger partial charge < -0.3 is 5.32 Å². The number of rotatable bonds is 7. The first-order chi connectivity index (χ1) is 12.9. The van der Waals surface area contributed by atoms with Crippen molar-refractivity contribution in [1.29, 1.82) is 0 Å². The Morgan fingerprint density at radius 3 is 2.67 bits per heavy atom. The molecule has 0 spiro atoms. The lowest BCUT2D eigenvalue weighted by Gasteiger charge is -2.21. The number of hydrogen-bond donors (Lipinski definition) is 1. The van der Waals surface area contributed by atoms with E-state index in [-0.39, 0.29) is 23.9 Å². The Labute approximate surface area is 162 Å². The molecule has 0 fully saturated rings. The zero-order valence-corrected chi connectivity index (χ0v) is 16.7. The van der Waals surface area contributed by atoms with Gasteiger partial charge in [0, 0.05) is 12.2 Å². The molecule has 0 atom stereocenters. The van der Waals surface area contributed by atoms with E-state index >= 15 is 0 Å². The molecule has 0 aliphatic heterocycles. The second-order valence-corrected chi connectivity index (χ2v) is 8.52. The van der Waals surface area contributed by atoms with Gasteiger partial charge in [-0.3, -0.25) is 4.79 Å². The van der Waals surface area contributed by atoms with Gasteiger partial charge in [0.15, 0.2) is 0 Å². The number of aryl methyl sites for hydroxylation is 1. The highest BCUT2D eigenvalue weighted by molar-refractivity contribution is 7.89. The van der Waals surface area contributed by atoms with Gasteiger partial charge in [0.2, 0.25) is 15.9 Å². The summed E-state index contributed by atoms with van der Waals surface area (Å²) < 4.78 is 35.7. The summed E-state index contributed by atoms with van der Waals surface area (Å²) in [5.74, 6) is -0.384. The number of aromatic nitrogens is 2. The molecule has 0 saturated carbocycles. The third kappa shape index (κ3) is 4.15. The first-order valence-corrected chi connectivity index (χ1v) is 10.7. The molecule has 0 radical (unpaired) electrons. The van der Waals surface area contributed by atoms with Crippen molar-refractivity contribution in [2.75, 3.05) is 18.4 Å². The highest BCUT2D eigenvalue weighted by Gasteiger charge is 2.28. The van der Waals surface area contributed by atoms with Crippen molar-refractivity contribution in [2.45, 2.75) is 25.2 Å². The Hall–Kier alpha value is -2.36. The van der Waals surface area contributed by atoms with E-state index in [1.54, 1.807) is 18.2 Å². The Morgan fingerprint density at radius 2 is 1.93 bits per heavy atom. The first kappa shape index (κ1) is 19.4. The summed E-state index contributed by atoms with van der Waals surface area (Å²) in [5, 5.41) is 2.78. The van der Waals surface area contributed by atoms with E-state index in [2.05, 4.69) is 14.1 Å². The third-order valence-corrected chi connectivity index (χ3v) is 6.50. The van der Waals surface area contributed by atoms with Gasteiger partial charge in [-0.25, -0.2) is 8.42 Å². The standard InChI is InChI=1S/C18H20N4O3S2/c1-3-11-22(12-17(23)19-14-8-5-4-7-13(14)2)27(24,25)16-10-6-9-15-18(16)21-26-20-15/h4-10H,3,11-12H2,1-2H3,(H,19,23). The molecule has 0 bridgehead atoms. The summed E-state index contributed by atoms with van der Waals surface area (Å²) in [7, 11) is -3.88. The number of carbonyl (C=O) groups is 1. The Balaban J connectivity index is 1.87. The molecule has 0 aliphatic carbocycles. The lowest BCUT2D eigenvalue weighted by atomic mass is 10.2. The normalized spacial score (nSPS) is 11.8. The van der Waals surface area contributed by atoms with Gasteiger partial charge in [-0.2, -0.15) is 13.1 Å². The van der Waals surface area contributed by atoms with Crippen molar-refractivity contribution in [3.8, 4) is 0 Å². The average Bonchev–Trinajstić information content (AvgIpc) is 3.12. The number of anilines is 1. The van der Waals surface area contributed by atoms with Crippen LogP contribution < -0.4 is 5.32 Å². The predicted octanol–water partition coefficient (Wildman–Crippen LogP) is 3.04. The molecule has 3 aromatic rings. The molecule has 1 amide bonds. The molecule has 9 heteroatoms. The highest BCUT2D eigenvalue weighted by atomic mass is 32.2. The SMILES string of the molecule is CCCN(CC(=O)Nc1ccccc1C)S(=O)(=O)c1cccc2nsnc12. The molecule has 0 unspecified atom stereocenters. The summed E-state index contributed by atoms with van der Waals surface area (Å²) in [5.41, 5.74) is 2.45. The molecule has 2 aromatic carbocycles. The van der Waals surface area contributed by atoms with Crippen LogP contribution in [0.2, 0.25) is 0 Å². The van der Waals surface area contributed by atoms with Crippen molar-refractivity contribution < 1.29 is 13.2 Å². The molecule has 1 aromatic heterocycles. The molecular formula is C18H20N4O3S2. The van der Waals surface area contributed by atoms with E-state index < -0.39 is 10.0 Å². The van der Waals surface area contributed by atoms with Crippen LogP contribution in [0.3, 0.4) is 0 Å². The molecule has 1 N–H and O–H groups in total. The number of sulfonamides is 1. The molecule has 27 heavy (non-hydrogen) atoms. The van der Waals surface area contributed by atoms with Crippen molar-refractivity contribution in [2.24, 2.45) is 0 Å². The van der Waals surface area contributed by atoms with Gasteiger partial charge in [-0.15, -0.1) is 0 Å². The van der Waals surface area contributed by atoms with E-state index in [1.165, 1.54) is 10.4 Å². The minimum atomic E-state index is -3.88. The quantitative estimate of drug-likeness (QED) is 0.653. The Bertz CT molecular complexity index is 1060. The maximum absolute atomic E-state index is 13.2. The van der Waals surface area contributed by atoms with Gasteiger partial charge in [0.05, 0.1) is 18.3 Å². The Kier molecular flexibility index (Phi) is 5.83. The smallest absolute Gasteiger partial charge is 0.245 e. The van der Waals surface area contributed by atoms with Crippen LogP contribution in [0.5, 0.6) is 0 Å². The maximum Gasteiger partial charge on any atom is 0.245 e. The van der Waals surface area contributed by atoms with Gasteiger partial charge in [0.25, 0.3) is 0 Å². The highest BCUT2D eigenvalue weighted by Crippen LogP contribution is 2.24. The van der Waals surface area contributed by atoms with E-state index in [0.717, 1.165) is 17.3 Å². The van der Waals surface area contributed by atoms with E-state index in [4.69, 9.17) is 0 Å². The molecule has 0 aliphatic rings. The van der Waals surface area contributed by atoms with E-state index in [0.29, 0.717) is 23.1 Å². The van der Waals surface area contributed by atoms with Crippen LogP contribution in [-0.2, 0) is 14.8 Å². The van der Waals surface area contributed by atoms with Crippen molar-refractivity contribution in [3.63, 3.8) is 0 Å². The Morgan fingerprint density at radius 1 is 1.15 bits per heavy atom. The van der Waals surface area contributed by atoms with Gasteiger partial charge in [0.1, 0.15) is 15.9 Å². The monoisotopic (exact) mass is 404 g/mol. The minimum Gasteiger partial charge on any atom is -0.325 e. The largest absolute Gasteiger partial charge is 0.325 e. The fourth-order valence-electron chi connectivity index (χ4n) is 2.73. The van der Waals surface area contributed by atoms with Crippen molar-refractivity contribution >= 4 is 44.4 Å².